The van der Waals surface area contributed by atoms with Gasteiger partial charge in [-0.3, -0.25) is 0 Å². The van der Waals surface area contributed by atoms with Crippen molar-refractivity contribution in [2.45, 2.75) is 46.1 Å². The van der Waals surface area contributed by atoms with Gasteiger partial charge >= 0.3 is 6.03 Å². The first kappa shape index (κ1) is 16.4. The molecule has 0 saturated heterocycles. The van der Waals surface area contributed by atoms with Gasteiger partial charge in [-0.25, -0.2) is 9.78 Å². The lowest BCUT2D eigenvalue weighted by atomic mass is 10.2. The molecule has 0 aliphatic carbocycles. The van der Waals surface area contributed by atoms with Crippen LogP contribution in [0.5, 0.6) is 0 Å². The third-order valence-corrected chi connectivity index (χ3v) is 4.15. The molecular weight excluding hydrogens is 302 g/mol. The number of amides is 2. The summed E-state index contributed by atoms with van der Waals surface area (Å²) in [6.45, 7) is 6.32. The molecule has 0 saturated carbocycles. The van der Waals surface area contributed by atoms with E-state index in [0.29, 0.717) is 24.7 Å². The maximum Gasteiger partial charge on any atom is 0.315 e. The molecule has 2 heterocycles. The molecule has 1 unspecified atom stereocenters. The first-order valence-corrected chi connectivity index (χ1v) is 8.22. The summed E-state index contributed by atoms with van der Waals surface area (Å²) in [6.07, 6.45) is 2.22. The summed E-state index contributed by atoms with van der Waals surface area (Å²) >= 11 is 1.57. The second-order valence-electron chi connectivity index (χ2n) is 5.03. The van der Waals surface area contributed by atoms with Gasteiger partial charge in [0, 0.05) is 24.0 Å². The number of hydrogen-bond donors (Lipinski definition) is 2. The molecule has 22 heavy (non-hydrogen) atoms. The van der Waals surface area contributed by atoms with E-state index in [9.17, 15) is 4.79 Å². The minimum Gasteiger partial charge on any atom is -0.339 e. The Bertz CT molecular complexity index is 610. The lowest BCUT2D eigenvalue weighted by molar-refractivity contribution is 0.236. The zero-order chi connectivity index (χ0) is 15.9. The van der Waals surface area contributed by atoms with Crippen molar-refractivity contribution < 1.29 is 9.32 Å². The van der Waals surface area contributed by atoms with Gasteiger partial charge < -0.3 is 15.2 Å². The van der Waals surface area contributed by atoms with Gasteiger partial charge in [0.05, 0.1) is 6.04 Å². The highest BCUT2D eigenvalue weighted by Crippen LogP contribution is 2.20. The van der Waals surface area contributed by atoms with Gasteiger partial charge in [0.15, 0.2) is 5.82 Å². The van der Waals surface area contributed by atoms with Gasteiger partial charge in [0.25, 0.3) is 0 Å². The summed E-state index contributed by atoms with van der Waals surface area (Å²) in [6, 6.07) is -0.223. The van der Waals surface area contributed by atoms with Crippen molar-refractivity contribution >= 4 is 17.4 Å². The predicted molar refractivity (Wildman–Crippen MR) is 83.8 cm³/mol. The van der Waals surface area contributed by atoms with Crippen molar-refractivity contribution in [1.29, 1.82) is 0 Å². The molecule has 0 aliphatic rings. The van der Waals surface area contributed by atoms with Crippen molar-refractivity contribution in [3.05, 3.63) is 27.8 Å². The first-order chi connectivity index (χ1) is 10.6. The zero-order valence-electron chi connectivity index (χ0n) is 13.0. The number of rotatable bonds is 7. The number of aromatic nitrogens is 3. The van der Waals surface area contributed by atoms with Crippen LogP contribution < -0.4 is 10.6 Å². The van der Waals surface area contributed by atoms with E-state index >= 15 is 0 Å². The van der Waals surface area contributed by atoms with Crippen molar-refractivity contribution in [1.82, 2.24) is 25.8 Å². The SMILES string of the molecule is CCC(NC(=O)NCCCc1nc(C)no1)c1nc(C)cs1. The Balaban J connectivity index is 1.70. The number of nitrogens with zero attached hydrogens (tertiary/aromatic N) is 3. The summed E-state index contributed by atoms with van der Waals surface area (Å²) in [5.41, 5.74) is 0.982. The molecule has 2 aromatic rings. The minimum atomic E-state index is -0.179. The smallest absolute Gasteiger partial charge is 0.315 e. The number of carbonyl (C=O) groups is 1. The summed E-state index contributed by atoms with van der Waals surface area (Å²) in [7, 11) is 0. The molecule has 2 rings (SSSR count). The van der Waals surface area contributed by atoms with Crippen LogP contribution in [0.1, 0.15) is 48.2 Å². The molecule has 0 aromatic carbocycles. The summed E-state index contributed by atoms with van der Waals surface area (Å²) in [5, 5.41) is 12.4. The Kier molecular flexibility index (Phi) is 5.88. The molecule has 2 aromatic heterocycles. The third kappa shape index (κ3) is 4.80. The highest BCUT2D eigenvalue weighted by molar-refractivity contribution is 7.09. The zero-order valence-corrected chi connectivity index (χ0v) is 13.9. The van der Waals surface area contributed by atoms with E-state index in [4.69, 9.17) is 4.52 Å². The van der Waals surface area contributed by atoms with E-state index in [2.05, 4.69) is 25.8 Å². The molecule has 7 nitrogen and oxygen atoms in total. The predicted octanol–water partition coefficient (Wildman–Crippen LogP) is 2.53. The van der Waals surface area contributed by atoms with Crippen molar-refractivity contribution in [2.24, 2.45) is 0 Å². The normalized spacial score (nSPS) is 12.1. The summed E-state index contributed by atoms with van der Waals surface area (Å²) in [4.78, 5) is 20.5. The first-order valence-electron chi connectivity index (χ1n) is 7.34. The van der Waals surface area contributed by atoms with Crippen LogP contribution in [0.25, 0.3) is 0 Å². The molecule has 2 amide bonds. The fraction of sp³-hybridized carbons (Fsp3) is 0.571. The molecule has 0 fully saturated rings. The van der Waals surface area contributed by atoms with Gasteiger partial charge in [-0.1, -0.05) is 12.1 Å². The maximum absolute atomic E-state index is 11.9. The summed E-state index contributed by atoms with van der Waals surface area (Å²) < 4.78 is 5.02. The average Bonchev–Trinajstić information content (AvgIpc) is 3.10. The van der Waals surface area contributed by atoms with E-state index in [1.165, 1.54) is 0 Å². The molecule has 2 N–H and O–H groups in total. The van der Waals surface area contributed by atoms with Crippen molar-refractivity contribution in [3.8, 4) is 0 Å². The Labute approximate surface area is 133 Å². The lowest BCUT2D eigenvalue weighted by Crippen LogP contribution is -2.38. The third-order valence-electron chi connectivity index (χ3n) is 3.07. The Morgan fingerprint density at radius 3 is 2.82 bits per heavy atom. The van der Waals surface area contributed by atoms with Crippen LogP contribution in [-0.4, -0.2) is 27.7 Å². The molecule has 0 aliphatic heterocycles. The Morgan fingerprint density at radius 2 is 2.23 bits per heavy atom. The molecular formula is C14H21N5O2S. The topological polar surface area (TPSA) is 92.9 Å². The van der Waals surface area contributed by atoms with Gasteiger partial charge in [0.2, 0.25) is 5.89 Å². The van der Waals surface area contributed by atoms with Crippen molar-refractivity contribution in [3.63, 3.8) is 0 Å². The van der Waals surface area contributed by atoms with Crippen molar-refractivity contribution in [2.75, 3.05) is 6.54 Å². The van der Waals surface area contributed by atoms with E-state index in [1.54, 1.807) is 18.3 Å². The van der Waals surface area contributed by atoms with E-state index < -0.39 is 0 Å². The maximum atomic E-state index is 11.9. The van der Waals surface area contributed by atoms with Crippen LogP contribution in [0.4, 0.5) is 4.79 Å². The van der Waals surface area contributed by atoms with Crippen LogP contribution in [-0.2, 0) is 6.42 Å². The van der Waals surface area contributed by atoms with E-state index in [-0.39, 0.29) is 12.1 Å². The highest BCUT2D eigenvalue weighted by atomic mass is 32.1. The number of hydrogen-bond acceptors (Lipinski definition) is 6. The largest absolute Gasteiger partial charge is 0.339 e. The van der Waals surface area contributed by atoms with Crippen LogP contribution in [0.15, 0.2) is 9.90 Å². The Hall–Kier alpha value is -1.96. The number of nitrogens with one attached hydrogen (secondary N) is 2. The van der Waals surface area contributed by atoms with E-state index in [1.807, 2.05) is 19.2 Å². The van der Waals surface area contributed by atoms with Gasteiger partial charge in [-0.05, 0) is 26.7 Å². The number of urea groups is 1. The molecule has 0 radical (unpaired) electrons. The molecule has 120 valence electrons. The molecule has 1 atom stereocenters. The second-order valence-corrected chi connectivity index (χ2v) is 5.92. The van der Waals surface area contributed by atoms with Crippen LogP contribution in [0, 0.1) is 13.8 Å². The van der Waals surface area contributed by atoms with Crippen LogP contribution in [0.3, 0.4) is 0 Å². The number of aryl methyl sites for hydroxylation is 3. The second kappa shape index (κ2) is 7.88. The minimum absolute atomic E-state index is 0.0442. The molecule has 0 spiro atoms. The fourth-order valence-corrected chi connectivity index (χ4v) is 2.89. The van der Waals surface area contributed by atoms with Crippen LogP contribution >= 0.6 is 11.3 Å². The van der Waals surface area contributed by atoms with Gasteiger partial charge in [-0.15, -0.1) is 11.3 Å². The summed E-state index contributed by atoms with van der Waals surface area (Å²) in [5.74, 6) is 1.23. The van der Waals surface area contributed by atoms with Gasteiger partial charge in [0.1, 0.15) is 5.01 Å². The average molecular weight is 323 g/mol. The Morgan fingerprint density at radius 1 is 1.41 bits per heavy atom. The standard InChI is InChI=1S/C14H21N5O2S/c1-4-11(13-16-9(2)8-22-13)18-14(20)15-7-5-6-12-17-10(3)19-21-12/h8,11H,4-7H2,1-3H3,(H2,15,18,20). The molecule has 8 heteroatoms. The lowest BCUT2D eigenvalue weighted by Gasteiger charge is -2.15. The number of carbonyl (C=O) groups excluding carboxylic acids is 1. The highest BCUT2D eigenvalue weighted by Gasteiger charge is 2.15. The van der Waals surface area contributed by atoms with E-state index in [0.717, 1.165) is 23.5 Å². The van der Waals surface area contributed by atoms with Crippen LogP contribution in [0.2, 0.25) is 0 Å². The number of thiazole rings is 1. The van der Waals surface area contributed by atoms with Gasteiger partial charge in [-0.2, -0.15) is 4.98 Å². The monoisotopic (exact) mass is 323 g/mol. The molecule has 0 bridgehead atoms. The fourth-order valence-electron chi connectivity index (χ4n) is 1.96. The quantitative estimate of drug-likeness (QED) is 0.764.